The summed E-state index contributed by atoms with van der Waals surface area (Å²) in [5.74, 6) is 6.30. The number of imidazole rings is 1. The van der Waals surface area contributed by atoms with E-state index in [1.807, 2.05) is 95.0 Å². The van der Waals surface area contributed by atoms with Crippen molar-refractivity contribution in [2.75, 3.05) is 38.5 Å². The first kappa shape index (κ1) is 32.7. The second-order valence-corrected chi connectivity index (χ2v) is 8.39. The Morgan fingerprint density at radius 1 is 0.829 bits per heavy atom. The van der Waals surface area contributed by atoms with Crippen LogP contribution in [0.3, 0.4) is 0 Å². The van der Waals surface area contributed by atoms with Crippen molar-refractivity contribution in [3.63, 3.8) is 0 Å². The van der Waals surface area contributed by atoms with E-state index >= 15 is 0 Å². The molecule has 8 heteroatoms. The van der Waals surface area contributed by atoms with E-state index in [0.717, 1.165) is 43.0 Å². The molecule has 3 heterocycles. The van der Waals surface area contributed by atoms with Gasteiger partial charge in [0, 0.05) is 48.6 Å². The first-order valence-corrected chi connectivity index (χ1v) is 14.4. The first-order chi connectivity index (χ1) is 20.1. The SMILES string of the molecule is CC.CC.CC.CN1CCN(C(=O)c2ccc(-c3ccc4ncc(C#Cc5ccc(NC=O)cc5)n4n3)cc2)CC1. The highest BCUT2D eigenvalue weighted by Gasteiger charge is 2.20. The summed E-state index contributed by atoms with van der Waals surface area (Å²) in [5, 5.41) is 7.33. The second kappa shape index (κ2) is 17.3. The maximum absolute atomic E-state index is 12.8. The van der Waals surface area contributed by atoms with Crippen LogP contribution in [0.25, 0.3) is 16.9 Å². The Labute approximate surface area is 244 Å². The Kier molecular flexibility index (Phi) is 13.8. The summed E-state index contributed by atoms with van der Waals surface area (Å²) in [6.45, 7) is 15.3. The third-order valence-corrected chi connectivity index (χ3v) is 6.03. The van der Waals surface area contributed by atoms with Crippen molar-refractivity contribution in [2.24, 2.45) is 0 Å². The molecule has 1 saturated heterocycles. The molecule has 5 rings (SSSR count). The lowest BCUT2D eigenvalue weighted by molar-refractivity contribution is -0.105. The predicted molar refractivity (Wildman–Crippen MR) is 168 cm³/mol. The number of piperazine rings is 1. The molecule has 0 saturated carbocycles. The maximum atomic E-state index is 12.8. The summed E-state index contributed by atoms with van der Waals surface area (Å²) in [6.07, 6.45) is 2.33. The Morgan fingerprint density at radius 3 is 2.07 bits per heavy atom. The third-order valence-electron chi connectivity index (χ3n) is 6.03. The smallest absolute Gasteiger partial charge is 0.253 e. The van der Waals surface area contributed by atoms with Gasteiger partial charge in [0.1, 0.15) is 5.69 Å². The molecule has 1 fully saturated rings. The number of carbonyl (C=O) groups excluding carboxylic acids is 2. The van der Waals surface area contributed by atoms with Crippen LogP contribution in [-0.2, 0) is 4.79 Å². The molecule has 1 N–H and O–H groups in total. The summed E-state index contributed by atoms with van der Waals surface area (Å²) in [4.78, 5) is 31.9. The fourth-order valence-corrected chi connectivity index (χ4v) is 3.94. The molecule has 0 radical (unpaired) electrons. The zero-order valence-corrected chi connectivity index (χ0v) is 25.3. The van der Waals surface area contributed by atoms with Crippen LogP contribution in [0.5, 0.6) is 0 Å². The summed E-state index contributed by atoms with van der Waals surface area (Å²) < 4.78 is 1.72. The van der Waals surface area contributed by atoms with E-state index < -0.39 is 0 Å². The fraction of sp³-hybridized carbons (Fsp3) is 0.333. The average Bonchev–Trinajstić information content (AvgIpc) is 3.46. The number of likely N-dealkylation sites (N-methyl/N-ethyl adjacent to an activating group) is 1. The largest absolute Gasteiger partial charge is 0.336 e. The minimum absolute atomic E-state index is 0.0650. The van der Waals surface area contributed by atoms with Gasteiger partial charge in [0.2, 0.25) is 6.41 Å². The lowest BCUT2D eigenvalue weighted by atomic mass is 10.1. The standard InChI is InChI=1S/C27H24N6O2.3C2H6/c1-31-14-16-32(17-15-31)27(35)22-7-5-21(6-8-22)25-12-13-26-28-18-24(33(26)30-25)11-4-20-2-9-23(10-3-20)29-19-34;3*1-2/h2-3,5-10,12-13,18-19H,14-17H2,1H3,(H,29,34);3*1-2H3. The molecule has 1 aliphatic heterocycles. The molecule has 2 aromatic heterocycles. The molecular formula is C33H42N6O2. The summed E-state index contributed by atoms with van der Waals surface area (Å²) >= 11 is 0. The highest BCUT2D eigenvalue weighted by molar-refractivity contribution is 5.94. The minimum atomic E-state index is 0.0650. The van der Waals surface area contributed by atoms with Crippen LogP contribution >= 0.6 is 0 Å². The van der Waals surface area contributed by atoms with Gasteiger partial charge >= 0.3 is 0 Å². The predicted octanol–water partition coefficient (Wildman–Crippen LogP) is 5.83. The van der Waals surface area contributed by atoms with Crippen molar-refractivity contribution in [2.45, 2.75) is 41.5 Å². The van der Waals surface area contributed by atoms with Gasteiger partial charge in [-0.1, -0.05) is 59.6 Å². The number of amides is 2. The number of hydrogen-bond acceptors (Lipinski definition) is 5. The minimum Gasteiger partial charge on any atom is -0.336 e. The van der Waals surface area contributed by atoms with Crippen LogP contribution in [-0.4, -0.2) is 69.9 Å². The molecule has 41 heavy (non-hydrogen) atoms. The number of fused-ring (bicyclic) bond motifs is 1. The van der Waals surface area contributed by atoms with Crippen LogP contribution < -0.4 is 5.32 Å². The second-order valence-electron chi connectivity index (χ2n) is 8.39. The molecular weight excluding hydrogens is 512 g/mol. The summed E-state index contributed by atoms with van der Waals surface area (Å²) in [7, 11) is 2.07. The van der Waals surface area contributed by atoms with E-state index in [1.54, 1.807) is 22.8 Å². The van der Waals surface area contributed by atoms with Gasteiger partial charge in [-0.2, -0.15) is 5.10 Å². The summed E-state index contributed by atoms with van der Waals surface area (Å²) in [5.41, 5.74) is 5.25. The Hall–Kier alpha value is -4.48. The van der Waals surface area contributed by atoms with Gasteiger partial charge in [0.25, 0.3) is 5.91 Å². The number of aromatic nitrogens is 3. The molecule has 0 spiro atoms. The molecule has 8 nitrogen and oxygen atoms in total. The van der Waals surface area contributed by atoms with Crippen LogP contribution in [0.15, 0.2) is 66.9 Å². The number of nitrogens with zero attached hydrogens (tertiary/aromatic N) is 5. The Morgan fingerprint density at radius 2 is 1.46 bits per heavy atom. The van der Waals surface area contributed by atoms with Gasteiger partial charge < -0.3 is 15.1 Å². The zero-order chi connectivity index (χ0) is 30.2. The van der Waals surface area contributed by atoms with Crippen molar-refractivity contribution >= 4 is 23.7 Å². The van der Waals surface area contributed by atoms with Gasteiger partial charge in [0.15, 0.2) is 5.65 Å². The van der Waals surface area contributed by atoms with E-state index in [2.05, 4.69) is 34.1 Å². The number of carbonyl (C=O) groups is 2. The summed E-state index contributed by atoms with van der Waals surface area (Å²) in [6, 6.07) is 18.6. The molecule has 4 aromatic rings. The molecule has 0 aliphatic carbocycles. The first-order valence-electron chi connectivity index (χ1n) is 14.4. The van der Waals surface area contributed by atoms with E-state index in [-0.39, 0.29) is 5.91 Å². The lowest BCUT2D eigenvalue weighted by Gasteiger charge is -2.32. The van der Waals surface area contributed by atoms with Gasteiger partial charge in [-0.3, -0.25) is 9.59 Å². The number of anilines is 1. The van der Waals surface area contributed by atoms with Crippen molar-refractivity contribution in [1.82, 2.24) is 24.4 Å². The van der Waals surface area contributed by atoms with Crippen molar-refractivity contribution in [3.05, 3.63) is 83.7 Å². The Balaban J connectivity index is 0.000000921. The van der Waals surface area contributed by atoms with Gasteiger partial charge in [-0.05, 0) is 61.5 Å². The molecule has 216 valence electrons. The quantitative estimate of drug-likeness (QED) is 0.254. The normalized spacial score (nSPS) is 12.2. The molecule has 2 amide bonds. The van der Waals surface area contributed by atoms with E-state index in [1.165, 1.54) is 0 Å². The molecule has 0 bridgehead atoms. The third kappa shape index (κ3) is 8.75. The maximum Gasteiger partial charge on any atom is 0.253 e. The topological polar surface area (TPSA) is 82.8 Å². The molecule has 0 atom stereocenters. The van der Waals surface area contributed by atoms with Crippen LogP contribution in [0.2, 0.25) is 0 Å². The van der Waals surface area contributed by atoms with Gasteiger partial charge in [-0.25, -0.2) is 9.50 Å². The fourth-order valence-electron chi connectivity index (χ4n) is 3.94. The van der Waals surface area contributed by atoms with Gasteiger partial charge in [0.05, 0.1) is 11.9 Å². The van der Waals surface area contributed by atoms with Crippen LogP contribution in [0.1, 0.15) is 63.2 Å². The molecule has 2 aromatic carbocycles. The van der Waals surface area contributed by atoms with Gasteiger partial charge in [-0.15, -0.1) is 0 Å². The molecule has 1 aliphatic rings. The highest BCUT2D eigenvalue weighted by Crippen LogP contribution is 2.20. The van der Waals surface area contributed by atoms with Crippen molar-refractivity contribution in [1.29, 1.82) is 0 Å². The number of benzene rings is 2. The molecule has 0 unspecified atom stereocenters. The van der Waals surface area contributed by atoms with E-state index in [0.29, 0.717) is 29.0 Å². The average molecular weight is 555 g/mol. The number of nitrogens with one attached hydrogen (secondary N) is 1. The Bertz CT molecular complexity index is 1420. The lowest BCUT2D eigenvalue weighted by Crippen LogP contribution is -2.47. The van der Waals surface area contributed by atoms with Crippen molar-refractivity contribution in [3.8, 4) is 23.1 Å². The number of rotatable bonds is 4. The van der Waals surface area contributed by atoms with Crippen LogP contribution in [0, 0.1) is 11.8 Å². The highest BCUT2D eigenvalue weighted by atomic mass is 16.2. The van der Waals surface area contributed by atoms with Crippen molar-refractivity contribution < 1.29 is 9.59 Å². The zero-order valence-electron chi connectivity index (χ0n) is 25.3. The van der Waals surface area contributed by atoms with E-state index in [9.17, 15) is 9.59 Å². The van der Waals surface area contributed by atoms with Crippen LogP contribution in [0.4, 0.5) is 5.69 Å². The number of hydrogen-bond donors (Lipinski definition) is 1. The monoisotopic (exact) mass is 554 g/mol. The van der Waals surface area contributed by atoms with E-state index in [4.69, 9.17) is 5.10 Å².